The summed E-state index contributed by atoms with van der Waals surface area (Å²) in [5, 5.41) is 18.4. The number of aromatic nitrogens is 1. The molecule has 18 heavy (non-hydrogen) atoms. The molecular weight excluding hydrogens is 235 g/mol. The van der Waals surface area contributed by atoms with E-state index < -0.39 is 13.1 Å². The van der Waals surface area contributed by atoms with E-state index in [2.05, 4.69) is 0 Å². The second kappa shape index (κ2) is 5.37. The minimum Gasteiger partial charge on any atom is -0.426 e. The molecule has 1 unspecified atom stereocenters. The summed E-state index contributed by atoms with van der Waals surface area (Å²) in [6, 6.07) is 4.67. The third kappa shape index (κ3) is 2.62. The molecule has 96 valence electrons. The zero-order valence-corrected chi connectivity index (χ0v) is 9.90. The minimum absolute atomic E-state index is 0.0666. The first-order valence-corrected chi connectivity index (χ1v) is 5.90. The Morgan fingerprint density at radius 1 is 1.44 bits per heavy atom. The number of carbonyl (C=O) groups excluding carboxylic acids is 1. The van der Waals surface area contributed by atoms with E-state index in [1.54, 1.807) is 18.3 Å². The number of hydrogen-bond acceptors (Lipinski definition) is 4. The number of rotatable bonds is 3. The van der Waals surface area contributed by atoms with Crippen molar-refractivity contribution in [1.82, 2.24) is 9.47 Å². The van der Waals surface area contributed by atoms with Crippen molar-refractivity contribution in [2.75, 3.05) is 6.54 Å². The molecule has 0 saturated carbocycles. The highest BCUT2D eigenvalue weighted by Gasteiger charge is 2.36. The largest absolute Gasteiger partial charge is 0.475 e. The highest BCUT2D eigenvalue weighted by Crippen LogP contribution is 2.18. The lowest BCUT2D eigenvalue weighted by atomic mass is 9.78. The van der Waals surface area contributed by atoms with E-state index in [9.17, 15) is 19.6 Å². The van der Waals surface area contributed by atoms with Crippen molar-refractivity contribution < 1.29 is 14.8 Å². The van der Waals surface area contributed by atoms with E-state index in [1.807, 2.05) is 0 Å². The number of nitrogens with zero attached hydrogens (tertiary/aromatic N) is 2. The topological polar surface area (TPSA) is 82.8 Å². The van der Waals surface area contributed by atoms with Gasteiger partial charge < -0.3 is 19.5 Å². The van der Waals surface area contributed by atoms with Crippen LogP contribution in [0.1, 0.15) is 12.8 Å². The molecule has 1 saturated heterocycles. The van der Waals surface area contributed by atoms with Crippen LogP contribution in [0.5, 0.6) is 0 Å². The zero-order valence-electron chi connectivity index (χ0n) is 9.90. The number of carbonyl (C=O) groups is 1. The molecule has 1 atom stereocenters. The number of pyridine rings is 1. The van der Waals surface area contributed by atoms with Crippen LogP contribution in [0.4, 0.5) is 0 Å². The van der Waals surface area contributed by atoms with Crippen LogP contribution in [0.25, 0.3) is 0 Å². The van der Waals surface area contributed by atoms with Gasteiger partial charge in [-0.3, -0.25) is 9.59 Å². The molecule has 0 aromatic carbocycles. The molecule has 2 heterocycles. The molecule has 0 spiro atoms. The van der Waals surface area contributed by atoms with Crippen LogP contribution >= 0.6 is 0 Å². The number of amides is 1. The lowest BCUT2D eigenvalue weighted by Gasteiger charge is -2.24. The maximum Gasteiger partial charge on any atom is 0.475 e. The Hall–Kier alpha value is -1.60. The highest BCUT2D eigenvalue weighted by molar-refractivity contribution is 6.43. The molecule has 0 radical (unpaired) electrons. The smallest absolute Gasteiger partial charge is 0.426 e. The lowest BCUT2D eigenvalue weighted by molar-refractivity contribution is -0.131. The minimum atomic E-state index is -1.52. The third-order valence-electron chi connectivity index (χ3n) is 3.17. The lowest BCUT2D eigenvalue weighted by Crippen LogP contribution is -2.47. The maximum atomic E-state index is 12.0. The molecule has 1 aliphatic heterocycles. The molecule has 0 aliphatic carbocycles. The maximum absolute atomic E-state index is 12.0. The van der Waals surface area contributed by atoms with Gasteiger partial charge >= 0.3 is 7.12 Å². The first-order chi connectivity index (χ1) is 8.59. The van der Waals surface area contributed by atoms with Gasteiger partial charge in [0.2, 0.25) is 5.91 Å². The van der Waals surface area contributed by atoms with Crippen LogP contribution in [0, 0.1) is 0 Å². The summed E-state index contributed by atoms with van der Waals surface area (Å²) in [6.45, 7) is 0.436. The van der Waals surface area contributed by atoms with Gasteiger partial charge in [-0.15, -0.1) is 0 Å². The van der Waals surface area contributed by atoms with Crippen molar-refractivity contribution in [2.45, 2.75) is 25.3 Å². The fourth-order valence-corrected chi connectivity index (χ4v) is 2.24. The summed E-state index contributed by atoms with van der Waals surface area (Å²) in [6.07, 6.45) is 2.87. The van der Waals surface area contributed by atoms with Gasteiger partial charge in [0, 0.05) is 18.8 Å². The van der Waals surface area contributed by atoms with E-state index in [0.717, 1.165) is 6.42 Å². The molecule has 1 amide bonds. The van der Waals surface area contributed by atoms with Gasteiger partial charge in [-0.1, -0.05) is 6.07 Å². The van der Waals surface area contributed by atoms with Crippen LogP contribution in [-0.2, 0) is 11.3 Å². The average molecular weight is 250 g/mol. The van der Waals surface area contributed by atoms with E-state index in [4.69, 9.17) is 0 Å². The van der Waals surface area contributed by atoms with E-state index >= 15 is 0 Å². The van der Waals surface area contributed by atoms with Crippen LogP contribution in [-0.4, -0.2) is 45.0 Å². The number of hydrogen-bond donors (Lipinski definition) is 2. The summed E-state index contributed by atoms with van der Waals surface area (Å²) >= 11 is 0. The standard InChI is InChI=1S/C11H15BN2O4/c15-10-5-1-2-6-13(10)8-11(16)14-7-3-4-9(14)12(17)18/h1-2,5-6,9,17-18H,3-4,7-8H2. The van der Waals surface area contributed by atoms with Crippen LogP contribution in [0.2, 0.25) is 0 Å². The first-order valence-electron chi connectivity index (χ1n) is 5.90. The van der Waals surface area contributed by atoms with Gasteiger partial charge in [0.05, 0.1) is 5.94 Å². The van der Waals surface area contributed by atoms with Gasteiger partial charge in [-0.2, -0.15) is 0 Å². The Morgan fingerprint density at radius 2 is 2.22 bits per heavy atom. The summed E-state index contributed by atoms with van der Waals surface area (Å²) in [5.41, 5.74) is -0.244. The summed E-state index contributed by atoms with van der Waals surface area (Å²) < 4.78 is 1.31. The molecule has 0 bridgehead atoms. The van der Waals surface area contributed by atoms with Crippen molar-refractivity contribution in [1.29, 1.82) is 0 Å². The summed E-state index contributed by atoms with van der Waals surface area (Å²) in [7, 11) is -1.52. The molecular formula is C11H15BN2O4. The van der Waals surface area contributed by atoms with Gasteiger partial charge in [0.1, 0.15) is 6.54 Å². The zero-order chi connectivity index (χ0) is 13.1. The molecule has 2 rings (SSSR count). The SMILES string of the molecule is O=C(Cn1ccccc1=O)N1CCCC1B(O)O. The quantitative estimate of drug-likeness (QED) is 0.663. The average Bonchev–Trinajstić information content (AvgIpc) is 2.81. The summed E-state index contributed by atoms with van der Waals surface area (Å²) in [5.74, 6) is -0.823. The Balaban J connectivity index is 2.09. The molecule has 1 aromatic heterocycles. The Morgan fingerprint density at radius 3 is 2.89 bits per heavy atom. The predicted molar refractivity (Wildman–Crippen MR) is 65.6 cm³/mol. The fraction of sp³-hybridized carbons (Fsp3) is 0.455. The normalized spacial score (nSPS) is 19.0. The molecule has 6 nitrogen and oxygen atoms in total. The highest BCUT2D eigenvalue weighted by atomic mass is 16.4. The summed E-state index contributed by atoms with van der Waals surface area (Å²) in [4.78, 5) is 24.9. The van der Waals surface area contributed by atoms with Gasteiger partial charge in [0.15, 0.2) is 0 Å². The second-order valence-corrected chi connectivity index (χ2v) is 4.38. The molecule has 2 N–H and O–H groups in total. The predicted octanol–water partition coefficient (Wildman–Crippen LogP) is -1.15. The fourth-order valence-electron chi connectivity index (χ4n) is 2.24. The van der Waals surface area contributed by atoms with Crippen molar-refractivity contribution in [2.24, 2.45) is 0 Å². The third-order valence-corrected chi connectivity index (χ3v) is 3.17. The molecule has 1 fully saturated rings. The van der Waals surface area contributed by atoms with Crippen molar-refractivity contribution in [3.63, 3.8) is 0 Å². The first kappa shape index (κ1) is 12.9. The van der Waals surface area contributed by atoms with Crippen molar-refractivity contribution >= 4 is 13.0 Å². The van der Waals surface area contributed by atoms with Gasteiger partial charge in [-0.25, -0.2) is 0 Å². The van der Waals surface area contributed by atoms with Crippen LogP contribution < -0.4 is 5.56 Å². The second-order valence-electron chi connectivity index (χ2n) is 4.38. The molecule has 1 aromatic rings. The van der Waals surface area contributed by atoms with E-state index in [0.29, 0.717) is 13.0 Å². The van der Waals surface area contributed by atoms with Crippen molar-refractivity contribution in [3.05, 3.63) is 34.7 Å². The van der Waals surface area contributed by atoms with Crippen LogP contribution in [0.3, 0.4) is 0 Å². The number of likely N-dealkylation sites (tertiary alicyclic amines) is 1. The van der Waals surface area contributed by atoms with Crippen LogP contribution in [0.15, 0.2) is 29.2 Å². The molecule has 7 heteroatoms. The Labute approximate surface area is 105 Å². The van der Waals surface area contributed by atoms with Crippen molar-refractivity contribution in [3.8, 4) is 0 Å². The van der Waals surface area contributed by atoms with Gasteiger partial charge in [-0.05, 0) is 18.9 Å². The van der Waals surface area contributed by atoms with E-state index in [-0.39, 0.29) is 18.0 Å². The van der Waals surface area contributed by atoms with Gasteiger partial charge in [0.25, 0.3) is 5.56 Å². The molecule has 1 aliphatic rings. The monoisotopic (exact) mass is 250 g/mol. The Bertz CT molecular complexity index is 488. The van der Waals surface area contributed by atoms with E-state index in [1.165, 1.54) is 15.5 Å². The Kier molecular flexibility index (Phi) is 3.83.